The Labute approximate surface area is 138 Å². The summed E-state index contributed by atoms with van der Waals surface area (Å²) in [6, 6.07) is 4.29. The van der Waals surface area contributed by atoms with E-state index >= 15 is 0 Å². The SMILES string of the molecule is COC(=O)c1nc(-c2ccc(Br)c(F)c2)c(Cl)c(N)c1Cl. The molecule has 0 atom stereocenters. The van der Waals surface area contributed by atoms with Gasteiger partial charge >= 0.3 is 5.97 Å². The second-order valence-corrected chi connectivity index (χ2v) is 5.58. The lowest BCUT2D eigenvalue weighted by Crippen LogP contribution is -2.09. The molecule has 0 radical (unpaired) electrons. The van der Waals surface area contributed by atoms with E-state index in [0.29, 0.717) is 5.56 Å². The number of halogens is 4. The minimum Gasteiger partial charge on any atom is -0.464 e. The fraction of sp³-hybridized carbons (Fsp3) is 0.0769. The first-order valence-electron chi connectivity index (χ1n) is 5.55. The number of nitrogen functional groups attached to an aromatic ring is 1. The van der Waals surface area contributed by atoms with Gasteiger partial charge in [0.2, 0.25) is 0 Å². The number of pyridine rings is 1. The van der Waals surface area contributed by atoms with Gasteiger partial charge in [-0.1, -0.05) is 29.3 Å². The molecule has 0 bridgehead atoms. The minimum absolute atomic E-state index is 0.0212. The molecule has 4 nitrogen and oxygen atoms in total. The van der Waals surface area contributed by atoms with Gasteiger partial charge in [0.15, 0.2) is 5.69 Å². The number of nitrogens with two attached hydrogens (primary N) is 1. The molecule has 2 N–H and O–H groups in total. The largest absolute Gasteiger partial charge is 0.464 e. The highest BCUT2D eigenvalue weighted by Gasteiger charge is 2.22. The number of carbonyl (C=O) groups is 1. The van der Waals surface area contributed by atoms with E-state index in [0.717, 1.165) is 0 Å². The number of hydrogen-bond donors (Lipinski definition) is 1. The molecule has 0 amide bonds. The molecule has 0 aliphatic rings. The highest BCUT2D eigenvalue weighted by molar-refractivity contribution is 9.10. The van der Waals surface area contributed by atoms with Crippen molar-refractivity contribution in [1.82, 2.24) is 4.98 Å². The molecule has 0 aliphatic heterocycles. The van der Waals surface area contributed by atoms with Crippen LogP contribution in [0.1, 0.15) is 10.5 Å². The molecule has 21 heavy (non-hydrogen) atoms. The van der Waals surface area contributed by atoms with Crippen LogP contribution >= 0.6 is 39.1 Å². The molecule has 0 aliphatic carbocycles. The standard InChI is InChI=1S/C13H8BrCl2FN2O2/c1-21-13(20)12-9(16)10(18)8(15)11(19-12)5-2-3-6(14)7(17)4-5/h2-4H,1H3,(H2,18,19). The van der Waals surface area contributed by atoms with E-state index in [9.17, 15) is 9.18 Å². The number of esters is 1. The first-order chi connectivity index (χ1) is 9.86. The van der Waals surface area contributed by atoms with Crippen LogP contribution in [0.4, 0.5) is 10.1 Å². The summed E-state index contributed by atoms with van der Waals surface area (Å²) in [7, 11) is 1.18. The molecule has 110 valence electrons. The Morgan fingerprint density at radius 2 is 2.05 bits per heavy atom. The molecule has 0 fully saturated rings. The van der Waals surface area contributed by atoms with Gasteiger partial charge in [0.05, 0.1) is 33.0 Å². The molecular formula is C13H8BrCl2FN2O2. The third-order valence-corrected chi connectivity index (χ3v) is 4.09. The Balaban J connectivity index is 2.71. The highest BCUT2D eigenvalue weighted by Crippen LogP contribution is 2.37. The molecule has 2 rings (SSSR count). The lowest BCUT2D eigenvalue weighted by atomic mass is 10.1. The van der Waals surface area contributed by atoms with Crippen molar-refractivity contribution in [2.75, 3.05) is 12.8 Å². The number of ether oxygens (including phenoxy) is 1. The second-order valence-electron chi connectivity index (χ2n) is 3.97. The zero-order chi connectivity index (χ0) is 15.7. The quantitative estimate of drug-likeness (QED) is 0.771. The zero-order valence-electron chi connectivity index (χ0n) is 10.6. The van der Waals surface area contributed by atoms with Crippen molar-refractivity contribution in [3.63, 3.8) is 0 Å². The van der Waals surface area contributed by atoms with Crippen molar-refractivity contribution in [2.24, 2.45) is 0 Å². The van der Waals surface area contributed by atoms with Crippen LogP contribution in [0.2, 0.25) is 10.0 Å². The van der Waals surface area contributed by atoms with Gasteiger partial charge in [0, 0.05) is 5.56 Å². The summed E-state index contributed by atoms with van der Waals surface area (Å²) < 4.78 is 18.5. The van der Waals surface area contributed by atoms with Gasteiger partial charge in [-0.2, -0.15) is 0 Å². The number of hydrogen-bond acceptors (Lipinski definition) is 4. The zero-order valence-corrected chi connectivity index (χ0v) is 13.7. The summed E-state index contributed by atoms with van der Waals surface area (Å²) in [4.78, 5) is 15.7. The maximum Gasteiger partial charge on any atom is 0.358 e. The van der Waals surface area contributed by atoms with Crippen molar-refractivity contribution in [3.05, 3.63) is 44.2 Å². The average Bonchev–Trinajstić information content (AvgIpc) is 2.47. The van der Waals surface area contributed by atoms with Crippen LogP contribution in [0.3, 0.4) is 0 Å². The van der Waals surface area contributed by atoms with Crippen molar-refractivity contribution < 1.29 is 13.9 Å². The molecule has 0 spiro atoms. The van der Waals surface area contributed by atoms with Crippen LogP contribution < -0.4 is 5.73 Å². The highest BCUT2D eigenvalue weighted by atomic mass is 79.9. The normalized spacial score (nSPS) is 10.5. The van der Waals surface area contributed by atoms with E-state index in [2.05, 4.69) is 25.7 Å². The summed E-state index contributed by atoms with van der Waals surface area (Å²) in [6.07, 6.45) is 0. The summed E-state index contributed by atoms with van der Waals surface area (Å²) >= 11 is 15.1. The Morgan fingerprint density at radius 3 is 2.62 bits per heavy atom. The molecule has 1 aromatic carbocycles. The van der Waals surface area contributed by atoms with Crippen molar-refractivity contribution >= 4 is 50.8 Å². The van der Waals surface area contributed by atoms with Crippen molar-refractivity contribution in [2.45, 2.75) is 0 Å². The van der Waals surface area contributed by atoms with Gasteiger partial charge in [0.25, 0.3) is 0 Å². The fourth-order valence-electron chi connectivity index (χ4n) is 1.63. The van der Waals surface area contributed by atoms with E-state index in [1.165, 1.54) is 19.2 Å². The van der Waals surface area contributed by atoms with E-state index < -0.39 is 11.8 Å². The monoisotopic (exact) mass is 392 g/mol. The van der Waals surface area contributed by atoms with Crippen LogP contribution in [0.25, 0.3) is 11.3 Å². The van der Waals surface area contributed by atoms with Gasteiger partial charge in [0.1, 0.15) is 5.82 Å². The number of aromatic nitrogens is 1. The third kappa shape index (κ3) is 2.97. The summed E-state index contributed by atoms with van der Waals surface area (Å²) in [6.45, 7) is 0. The first kappa shape index (κ1) is 16.0. The molecule has 0 saturated heterocycles. The fourth-order valence-corrected chi connectivity index (χ4v) is 2.38. The van der Waals surface area contributed by atoms with Gasteiger partial charge < -0.3 is 10.5 Å². The van der Waals surface area contributed by atoms with Crippen LogP contribution in [-0.2, 0) is 4.74 Å². The van der Waals surface area contributed by atoms with E-state index in [1.807, 2.05) is 0 Å². The predicted molar refractivity (Wildman–Crippen MR) is 83.1 cm³/mol. The van der Waals surface area contributed by atoms with Crippen LogP contribution in [0, 0.1) is 5.82 Å². The topological polar surface area (TPSA) is 65.2 Å². The van der Waals surface area contributed by atoms with Gasteiger partial charge in [-0.3, -0.25) is 0 Å². The first-order valence-corrected chi connectivity index (χ1v) is 7.10. The Morgan fingerprint density at radius 1 is 1.38 bits per heavy atom. The van der Waals surface area contributed by atoms with Gasteiger partial charge in [-0.25, -0.2) is 14.2 Å². The molecular weight excluding hydrogens is 386 g/mol. The number of anilines is 1. The van der Waals surface area contributed by atoms with Crippen molar-refractivity contribution in [1.29, 1.82) is 0 Å². The number of benzene rings is 1. The van der Waals surface area contributed by atoms with Crippen LogP contribution in [0.15, 0.2) is 22.7 Å². The van der Waals surface area contributed by atoms with E-state index in [1.54, 1.807) is 6.07 Å². The Kier molecular flexibility index (Phi) is 4.70. The molecule has 0 saturated carbocycles. The molecule has 1 aromatic heterocycles. The minimum atomic E-state index is -0.762. The summed E-state index contributed by atoms with van der Waals surface area (Å²) in [5.74, 6) is -1.26. The number of carbonyl (C=O) groups excluding carboxylic acids is 1. The van der Waals surface area contributed by atoms with Crippen LogP contribution in [0.5, 0.6) is 0 Å². The second kappa shape index (κ2) is 6.17. The maximum atomic E-state index is 13.6. The summed E-state index contributed by atoms with van der Waals surface area (Å²) in [5.41, 5.74) is 6.06. The lowest BCUT2D eigenvalue weighted by Gasteiger charge is -2.11. The number of nitrogens with zero attached hydrogens (tertiary/aromatic N) is 1. The Bertz CT molecular complexity index is 741. The smallest absolute Gasteiger partial charge is 0.358 e. The van der Waals surface area contributed by atoms with Crippen LogP contribution in [-0.4, -0.2) is 18.1 Å². The third-order valence-electron chi connectivity index (χ3n) is 2.68. The number of rotatable bonds is 2. The van der Waals surface area contributed by atoms with Gasteiger partial charge in [-0.15, -0.1) is 0 Å². The predicted octanol–water partition coefficient (Wildman–Crippen LogP) is 4.33. The van der Waals surface area contributed by atoms with E-state index in [-0.39, 0.29) is 31.6 Å². The number of methoxy groups -OCH3 is 1. The lowest BCUT2D eigenvalue weighted by molar-refractivity contribution is 0.0594. The molecule has 0 unspecified atom stereocenters. The maximum absolute atomic E-state index is 13.6. The van der Waals surface area contributed by atoms with E-state index in [4.69, 9.17) is 28.9 Å². The molecule has 2 aromatic rings. The summed E-state index contributed by atoms with van der Waals surface area (Å²) in [5, 5.41) is -0.0671. The molecule has 1 heterocycles. The molecule has 8 heteroatoms. The van der Waals surface area contributed by atoms with Crippen molar-refractivity contribution in [3.8, 4) is 11.3 Å². The average molecular weight is 394 g/mol. The Hall–Kier alpha value is -1.37. The van der Waals surface area contributed by atoms with Gasteiger partial charge in [-0.05, 0) is 28.1 Å².